The maximum atomic E-state index is 12.9. The Kier molecular flexibility index (Phi) is 7.37. The van der Waals surface area contributed by atoms with Gasteiger partial charge in [0.25, 0.3) is 11.5 Å². The van der Waals surface area contributed by atoms with Crippen LogP contribution in [0, 0.1) is 5.92 Å². The SMILES string of the molecule is CC(C)Cn1nc(C(=O)OC(C)C(=O)Nc2ccccc2OC(F)F)c2ccccc2c1=O. The fraction of sp³-hybridized carbons (Fsp3) is 0.304. The van der Waals surface area contributed by atoms with Gasteiger partial charge in [0.15, 0.2) is 11.8 Å². The number of ether oxygens (including phenoxy) is 2. The zero-order valence-corrected chi connectivity index (χ0v) is 18.2. The summed E-state index contributed by atoms with van der Waals surface area (Å²) in [6, 6.07) is 12.1. The first-order valence-corrected chi connectivity index (χ1v) is 10.2. The highest BCUT2D eigenvalue weighted by Gasteiger charge is 2.24. The summed E-state index contributed by atoms with van der Waals surface area (Å²) in [5.74, 6) is -1.79. The number of para-hydroxylation sites is 2. The Morgan fingerprint density at radius 1 is 1.03 bits per heavy atom. The third-order valence-corrected chi connectivity index (χ3v) is 4.61. The lowest BCUT2D eigenvalue weighted by molar-refractivity contribution is -0.123. The van der Waals surface area contributed by atoms with Crippen molar-refractivity contribution in [1.29, 1.82) is 0 Å². The molecule has 0 radical (unpaired) electrons. The number of anilines is 1. The Bertz CT molecular complexity index is 1230. The average Bonchev–Trinajstić information content (AvgIpc) is 2.76. The van der Waals surface area contributed by atoms with Gasteiger partial charge >= 0.3 is 12.6 Å². The van der Waals surface area contributed by atoms with E-state index in [-0.39, 0.29) is 28.6 Å². The summed E-state index contributed by atoms with van der Waals surface area (Å²) < 4.78 is 36.0. The van der Waals surface area contributed by atoms with Gasteiger partial charge in [-0.15, -0.1) is 0 Å². The van der Waals surface area contributed by atoms with Crippen molar-refractivity contribution in [2.45, 2.75) is 40.0 Å². The normalized spacial score (nSPS) is 12.1. The quantitative estimate of drug-likeness (QED) is 0.514. The molecule has 1 aromatic heterocycles. The molecule has 0 fully saturated rings. The second kappa shape index (κ2) is 10.2. The van der Waals surface area contributed by atoms with Crippen molar-refractivity contribution < 1.29 is 27.8 Å². The Balaban J connectivity index is 1.83. The van der Waals surface area contributed by atoms with Gasteiger partial charge in [-0.25, -0.2) is 9.48 Å². The highest BCUT2D eigenvalue weighted by atomic mass is 19.3. The van der Waals surface area contributed by atoms with Crippen molar-refractivity contribution in [3.05, 3.63) is 64.6 Å². The number of rotatable bonds is 8. The van der Waals surface area contributed by atoms with Crippen LogP contribution >= 0.6 is 0 Å². The van der Waals surface area contributed by atoms with Crippen LogP contribution in [0.25, 0.3) is 10.8 Å². The molecule has 8 nitrogen and oxygen atoms in total. The first-order chi connectivity index (χ1) is 15.7. The standard InChI is InChI=1S/C23H23F2N3O5/c1-13(2)12-28-21(30)16-9-5-4-8-15(16)19(27-28)22(31)32-14(3)20(29)26-17-10-6-7-11-18(17)33-23(24)25/h4-11,13-14,23H,12H2,1-3H3,(H,26,29). The van der Waals surface area contributed by atoms with E-state index in [0.717, 1.165) is 0 Å². The molecule has 2 aromatic carbocycles. The lowest BCUT2D eigenvalue weighted by Crippen LogP contribution is -2.32. The molecule has 1 amide bonds. The van der Waals surface area contributed by atoms with Crippen LogP contribution in [0.5, 0.6) is 5.75 Å². The van der Waals surface area contributed by atoms with E-state index < -0.39 is 24.6 Å². The smallest absolute Gasteiger partial charge is 0.387 e. The highest BCUT2D eigenvalue weighted by molar-refractivity contribution is 6.04. The fourth-order valence-electron chi connectivity index (χ4n) is 3.13. The summed E-state index contributed by atoms with van der Waals surface area (Å²) in [5.41, 5.74) is -0.441. The molecule has 0 bridgehead atoms. The number of amides is 1. The van der Waals surface area contributed by atoms with E-state index in [1.54, 1.807) is 24.3 Å². The number of fused-ring (bicyclic) bond motifs is 1. The van der Waals surface area contributed by atoms with Crippen LogP contribution in [0.15, 0.2) is 53.3 Å². The third kappa shape index (κ3) is 5.71. The Hall–Kier alpha value is -3.82. The van der Waals surface area contributed by atoms with Crippen molar-refractivity contribution in [2.24, 2.45) is 5.92 Å². The number of carbonyl (C=O) groups excluding carboxylic acids is 2. The van der Waals surface area contributed by atoms with E-state index in [4.69, 9.17) is 4.74 Å². The minimum atomic E-state index is -3.07. The minimum Gasteiger partial charge on any atom is -0.448 e. The number of hydrogen-bond acceptors (Lipinski definition) is 6. The molecule has 1 heterocycles. The van der Waals surface area contributed by atoms with E-state index in [1.807, 2.05) is 13.8 Å². The van der Waals surface area contributed by atoms with E-state index in [9.17, 15) is 23.2 Å². The zero-order valence-electron chi connectivity index (χ0n) is 18.2. The van der Waals surface area contributed by atoms with Crippen LogP contribution < -0.4 is 15.6 Å². The molecule has 0 spiro atoms. The van der Waals surface area contributed by atoms with Gasteiger partial charge in [-0.2, -0.15) is 13.9 Å². The van der Waals surface area contributed by atoms with E-state index in [1.165, 1.54) is 35.9 Å². The van der Waals surface area contributed by atoms with Gasteiger partial charge in [-0.05, 0) is 31.0 Å². The summed E-state index contributed by atoms with van der Waals surface area (Å²) >= 11 is 0. The number of esters is 1. The van der Waals surface area contributed by atoms with Gasteiger partial charge < -0.3 is 14.8 Å². The van der Waals surface area contributed by atoms with Gasteiger partial charge in [-0.1, -0.05) is 44.2 Å². The number of nitrogens with zero attached hydrogens (tertiary/aromatic N) is 2. The number of benzene rings is 2. The van der Waals surface area contributed by atoms with E-state index in [0.29, 0.717) is 17.3 Å². The predicted octanol–water partition coefficient (Wildman–Crippen LogP) is 3.84. The lowest BCUT2D eigenvalue weighted by Gasteiger charge is -2.16. The lowest BCUT2D eigenvalue weighted by atomic mass is 10.1. The number of aromatic nitrogens is 2. The Morgan fingerprint density at radius 3 is 2.33 bits per heavy atom. The number of carbonyl (C=O) groups is 2. The first kappa shape index (κ1) is 23.8. The summed E-state index contributed by atoms with van der Waals surface area (Å²) in [7, 11) is 0. The molecule has 10 heteroatoms. The molecule has 33 heavy (non-hydrogen) atoms. The number of hydrogen-bond donors (Lipinski definition) is 1. The molecule has 0 aliphatic heterocycles. The van der Waals surface area contributed by atoms with Crippen LogP contribution in [-0.4, -0.2) is 34.4 Å². The van der Waals surface area contributed by atoms with Crippen LogP contribution in [0.3, 0.4) is 0 Å². The molecule has 1 unspecified atom stereocenters. The monoisotopic (exact) mass is 459 g/mol. The highest BCUT2D eigenvalue weighted by Crippen LogP contribution is 2.26. The molecule has 1 N–H and O–H groups in total. The number of nitrogens with one attached hydrogen (secondary N) is 1. The average molecular weight is 459 g/mol. The maximum Gasteiger partial charge on any atom is 0.387 e. The van der Waals surface area contributed by atoms with Crippen molar-refractivity contribution in [2.75, 3.05) is 5.32 Å². The van der Waals surface area contributed by atoms with Crippen LogP contribution in [-0.2, 0) is 16.1 Å². The molecular weight excluding hydrogens is 436 g/mol. The van der Waals surface area contributed by atoms with Crippen LogP contribution in [0.4, 0.5) is 14.5 Å². The first-order valence-electron chi connectivity index (χ1n) is 10.2. The third-order valence-electron chi connectivity index (χ3n) is 4.61. The van der Waals surface area contributed by atoms with Gasteiger partial charge in [0, 0.05) is 11.9 Å². The van der Waals surface area contributed by atoms with Crippen LogP contribution in [0.2, 0.25) is 0 Å². The number of halogens is 2. The maximum absolute atomic E-state index is 12.9. The fourth-order valence-corrected chi connectivity index (χ4v) is 3.13. The summed E-state index contributed by atoms with van der Waals surface area (Å²) in [5, 5.41) is 7.19. The molecule has 0 aliphatic rings. The molecular formula is C23H23F2N3O5. The van der Waals surface area contributed by atoms with Gasteiger partial charge in [0.05, 0.1) is 11.1 Å². The summed E-state index contributed by atoms with van der Waals surface area (Å²) in [6.07, 6.45) is -1.29. The van der Waals surface area contributed by atoms with E-state index >= 15 is 0 Å². The number of alkyl halides is 2. The molecule has 1 atom stereocenters. The Morgan fingerprint density at radius 2 is 1.67 bits per heavy atom. The van der Waals surface area contributed by atoms with Crippen molar-refractivity contribution in [1.82, 2.24) is 9.78 Å². The largest absolute Gasteiger partial charge is 0.448 e. The van der Waals surface area contributed by atoms with Crippen LogP contribution in [0.1, 0.15) is 31.3 Å². The molecule has 0 aliphatic carbocycles. The topological polar surface area (TPSA) is 99.5 Å². The van der Waals surface area contributed by atoms with Gasteiger partial charge in [0.1, 0.15) is 5.75 Å². The van der Waals surface area contributed by atoms with Crippen molar-refractivity contribution >= 4 is 28.3 Å². The molecule has 0 saturated carbocycles. The summed E-state index contributed by atoms with van der Waals surface area (Å²) in [4.78, 5) is 38.1. The molecule has 3 aromatic rings. The Labute approximate surface area is 188 Å². The van der Waals surface area contributed by atoms with E-state index in [2.05, 4.69) is 15.2 Å². The predicted molar refractivity (Wildman–Crippen MR) is 117 cm³/mol. The molecule has 174 valence electrons. The van der Waals surface area contributed by atoms with Crippen molar-refractivity contribution in [3.8, 4) is 5.75 Å². The van der Waals surface area contributed by atoms with Gasteiger partial charge in [0.2, 0.25) is 0 Å². The van der Waals surface area contributed by atoms with Crippen molar-refractivity contribution in [3.63, 3.8) is 0 Å². The molecule has 3 rings (SSSR count). The summed E-state index contributed by atoms with van der Waals surface area (Å²) in [6.45, 7) is 2.36. The second-order valence-electron chi connectivity index (χ2n) is 7.69. The second-order valence-corrected chi connectivity index (χ2v) is 7.69. The van der Waals surface area contributed by atoms with Gasteiger partial charge in [-0.3, -0.25) is 9.59 Å². The molecule has 0 saturated heterocycles. The minimum absolute atomic E-state index is 0.000225. The zero-order chi connectivity index (χ0) is 24.1.